The van der Waals surface area contributed by atoms with E-state index in [1.807, 2.05) is 35.8 Å². The molecule has 1 saturated heterocycles. The molecule has 0 spiro atoms. The Labute approximate surface area is 162 Å². The number of nitrogens with one attached hydrogen (secondary N) is 1. The van der Waals surface area contributed by atoms with Gasteiger partial charge in [-0.05, 0) is 25.1 Å². The van der Waals surface area contributed by atoms with Crippen LogP contribution in [0.1, 0.15) is 5.69 Å². The fraction of sp³-hybridized carbons (Fsp3) is 0.316. The summed E-state index contributed by atoms with van der Waals surface area (Å²) in [6.07, 6.45) is 3.64. The lowest BCUT2D eigenvalue weighted by Crippen LogP contribution is -2.49. The van der Waals surface area contributed by atoms with E-state index in [1.165, 1.54) is 0 Å². The van der Waals surface area contributed by atoms with Gasteiger partial charge in [0.05, 0.1) is 22.9 Å². The highest BCUT2D eigenvalue weighted by molar-refractivity contribution is 6.33. The van der Waals surface area contributed by atoms with Crippen LogP contribution in [0.15, 0.2) is 42.7 Å². The third kappa shape index (κ3) is 3.89. The average molecular weight is 385 g/mol. The second-order valence-electron chi connectivity index (χ2n) is 6.66. The van der Waals surface area contributed by atoms with Crippen molar-refractivity contribution in [2.45, 2.75) is 6.92 Å². The molecule has 1 fully saturated rings. The van der Waals surface area contributed by atoms with Gasteiger partial charge in [0.2, 0.25) is 5.91 Å². The van der Waals surface area contributed by atoms with E-state index < -0.39 is 0 Å². The number of para-hydroxylation sites is 1. The Bertz CT molecular complexity index is 964. The molecular weight excluding hydrogens is 364 g/mol. The molecule has 0 unspecified atom stereocenters. The lowest BCUT2D eigenvalue weighted by atomic mass is 10.2. The van der Waals surface area contributed by atoms with Crippen molar-refractivity contribution in [3.8, 4) is 0 Å². The van der Waals surface area contributed by atoms with Gasteiger partial charge >= 0.3 is 0 Å². The molecule has 3 aromatic rings. The number of hydrogen-bond donors (Lipinski definition) is 1. The maximum Gasteiger partial charge on any atom is 0.238 e. The number of hydrogen-bond acceptors (Lipinski definition) is 5. The van der Waals surface area contributed by atoms with Crippen molar-refractivity contribution in [2.24, 2.45) is 0 Å². The zero-order valence-corrected chi connectivity index (χ0v) is 15.9. The van der Waals surface area contributed by atoms with Crippen LogP contribution in [-0.4, -0.2) is 58.1 Å². The molecule has 140 valence electrons. The van der Waals surface area contributed by atoms with Gasteiger partial charge in [0.1, 0.15) is 5.52 Å². The second kappa shape index (κ2) is 7.54. The summed E-state index contributed by atoms with van der Waals surface area (Å²) >= 11 is 6.10. The first-order valence-electron chi connectivity index (χ1n) is 8.93. The third-order valence-corrected chi connectivity index (χ3v) is 5.01. The molecule has 0 bridgehead atoms. The van der Waals surface area contributed by atoms with E-state index in [1.54, 1.807) is 18.3 Å². The molecule has 7 nitrogen and oxygen atoms in total. The Morgan fingerprint density at radius 2 is 2.00 bits per heavy atom. The largest absolute Gasteiger partial charge is 0.352 e. The number of amides is 1. The molecule has 1 aliphatic rings. The number of benzene rings is 1. The lowest BCUT2D eigenvalue weighted by molar-refractivity contribution is -0.117. The molecule has 3 heterocycles. The number of anilines is 2. The topological polar surface area (TPSA) is 65.8 Å². The minimum absolute atomic E-state index is 0.0526. The van der Waals surface area contributed by atoms with Crippen molar-refractivity contribution < 1.29 is 4.79 Å². The minimum atomic E-state index is -0.0526. The van der Waals surface area contributed by atoms with Gasteiger partial charge in [-0.25, -0.2) is 9.50 Å². The van der Waals surface area contributed by atoms with Gasteiger partial charge in [0, 0.05) is 38.6 Å². The Morgan fingerprint density at radius 1 is 1.22 bits per heavy atom. The van der Waals surface area contributed by atoms with Crippen LogP contribution in [0.4, 0.5) is 11.5 Å². The van der Waals surface area contributed by atoms with E-state index in [4.69, 9.17) is 11.6 Å². The number of halogens is 1. The highest BCUT2D eigenvalue weighted by Gasteiger charge is 2.22. The summed E-state index contributed by atoms with van der Waals surface area (Å²) in [6.45, 7) is 5.55. The van der Waals surface area contributed by atoms with Gasteiger partial charge in [0.25, 0.3) is 0 Å². The molecule has 2 aromatic heterocycles. The van der Waals surface area contributed by atoms with Gasteiger partial charge < -0.3 is 10.2 Å². The second-order valence-corrected chi connectivity index (χ2v) is 7.06. The first kappa shape index (κ1) is 17.8. The highest BCUT2D eigenvalue weighted by Crippen LogP contribution is 2.22. The molecule has 1 aliphatic heterocycles. The van der Waals surface area contributed by atoms with Crippen LogP contribution < -0.4 is 10.2 Å². The summed E-state index contributed by atoms with van der Waals surface area (Å²) in [4.78, 5) is 21.3. The Hall–Kier alpha value is -2.64. The van der Waals surface area contributed by atoms with Crippen LogP contribution in [0, 0.1) is 6.92 Å². The van der Waals surface area contributed by atoms with Crippen LogP contribution in [-0.2, 0) is 4.79 Å². The van der Waals surface area contributed by atoms with E-state index in [-0.39, 0.29) is 5.91 Å². The molecule has 0 atom stereocenters. The number of carbonyl (C=O) groups excluding carboxylic acids is 1. The molecule has 27 heavy (non-hydrogen) atoms. The van der Waals surface area contributed by atoms with Crippen LogP contribution >= 0.6 is 11.6 Å². The van der Waals surface area contributed by atoms with Crippen molar-refractivity contribution in [1.82, 2.24) is 19.5 Å². The number of carbonyl (C=O) groups is 1. The summed E-state index contributed by atoms with van der Waals surface area (Å²) in [7, 11) is 0. The first-order chi connectivity index (χ1) is 13.1. The summed E-state index contributed by atoms with van der Waals surface area (Å²) < 4.78 is 1.86. The molecule has 1 aromatic carbocycles. The predicted molar refractivity (Wildman–Crippen MR) is 106 cm³/mol. The average Bonchev–Trinajstić information content (AvgIpc) is 3.04. The fourth-order valence-corrected chi connectivity index (χ4v) is 3.53. The quantitative estimate of drug-likeness (QED) is 0.748. The Morgan fingerprint density at radius 3 is 2.78 bits per heavy atom. The maximum atomic E-state index is 12.3. The number of piperazine rings is 1. The normalized spacial score (nSPS) is 15.3. The summed E-state index contributed by atoms with van der Waals surface area (Å²) in [5, 5.41) is 7.87. The maximum absolute atomic E-state index is 12.3. The smallest absolute Gasteiger partial charge is 0.238 e. The molecular formula is C19H21ClN6O. The van der Waals surface area contributed by atoms with E-state index in [9.17, 15) is 4.79 Å². The summed E-state index contributed by atoms with van der Waals surface area (Å²) in [5.41, 5.74) is 2.63. The molecule has 1 amide bonds. The van der Waals surface area contributed by atoms with Crippen LogP contribution in [0.3, 0.4) is 0 Å². The zero-order chi connectivity index (χ0) is 18.8. The van der Waals surface area contributed by atoms with Crippen molar-refractivity contribution >= 4 is 34.5 Å². The monoisotopic (exact) mass is 384 g/mol. The zero-order valence-electron chi connectivity index (χ0n) is 15.1. The van der Waals surface area contributed by atoms with Crippen molar-refractivity contribution in [3.63, 3.8) is 0 Å². The van der Waals surface area contributed by atoms with Gasteiger partial charge in [-0.15, -0.1) is 0 Å². The Kier molecular flexibility index (Phi) is 4.96. The van der Waals surface area contributed by atoms with Crippen molar-refractivity contribution in [1.29, 1.82) is 0 Å². The van der Waals surface area contributed by atoms with Crippen LogP contribution in [0.25, 0.3) is 5.52 Å². The third-order valence-electron chi connectivity index (χ3n) is 4.68. The number of aromatic nitrogens is 3. The fourth-order valence-electron chi connectivity index (χ4n) is 3.35. The molecule has 0 radical (unpaired) electrons. The van der Waals surface area contributed by atoms with Crippen molar-refractivity contribution in [2.75, 3.05) is 42.9 Å². The Balaban J connectivity index is 1.36. The molecule has 0 aliphatic carbocycles. The molecule has 1 N–H and O–H groups in total. The van der Waals surface area contributed by atoms with Gasteiger partial charge in [-0.2, -0.15) is 5.10 Å². The standard InChI is InChI=1S/C19H21ClN6O/c1-14-12-17-19(21-6-7-26(17)23-14)25-10-8-24(9-11-25)13-18(27)22-16-5-3-2-4-15(16)20/h2-7,12H,8-11,13H2,1H3,(H,22,27). The molecule has 4 rings (SSSR count). The minimum Gasteiger partial charge on any atom is -0.352 e. The van der Waals surface area contributed by atoms with Crippen LogP contribution in [0.5, 0.6) is 0 Å². The SMILES string of the molecule is Cc1cc2c(N3CCN(CC(=O)Nc4ccccc4Cl)CC3)nccn2n1. The predicted octanol–water partition coefficient (Wildman–Crippen LogP) is 2.45. The van der Waals surface area contributed by atoms with Gasteiger partial charge in [-0.3, -0.25) is 9.69 Å². The summed E-state index contributed by atoms with van der Waals surface area (Å²) in [5.74, 6) is 0.890. The number of nitrogens with zero attached hydrogens (tertiary/aromatic N) is 5. The van der Waals surface area contributed by atoms with Crippen molar-refractivity contribution in [3.05, 3.63) is 53.4 Å². The van der Waals surface area contributed by atoms with E-state index in [0.717, 1.165) is 43.2 Å². The number of rotatable bonds is 4. The van der Waals surface area contributed by atoms with Gasteiger partial charge in [0.15, 0.2) is 5.82 Å². The van der Waals surface area contributed by atoms with Gasteiger partial charge in [-0.1, -0.05) is 23.7 Å². The number of fused-ring (bicyclic) bond motifs is 1. The molecule has 8 heteroatoms. The molecule has 0 saturated carbocycles. The van der Waals surface area contributed by atoms with E-state index in [0.29, 0.717) is 17.3 Å². The lowest BCUT2D eigenvalue weighted by Gasteiger charge is -2.35. The highest BCUT2D eigenvalue weighted by atomic mass is 35.5. The number of aryl methyl sites for hydroxylation is 1. The van der Waals surface area contributed by atoms with E-state index >= 15 is 0 Å². The first-order valence-corrected chi connectivity index (χ1v) is 9.30. The summed E-state index contributed by atoms with van der Waals surface area (Å²) in [6, 6.07) is 9.31. The van der Waals surface area contributed by atoms with E-state index in [2.05, 4.69) is 25.2 Å². The van der Waals surface area contributed by atoms with Crippen LogP contribution in [0.2, 0.25) is 5.02 Å².